The molecule has 0 aromatic carbocycles. The summed E-state index contributed by atoms with van der Waals surface area (Å²) < 4.78 is 0. The molecule has 2 atom stereocenters. The first kappa shape index (κ1) is 14.3. The number of likely N-dealkylation sites (tertiary alicyclic amines) is 1. The fourth-order valence-corrected chi connectivity index (χ4v) is 2.87. The molecule has 5 heteroatoms. The molecule has 1 saturated heterocycles. The third-order valence-electron chi connectivity index (χ3n) is 4.31. The van der Waals surface area contributed by atoms with Gasteiger partial charge >= 0.3 is 11.8 Å². The first-order valence-corrected chi connectivity index (χ1v) is 7.35. The molecule has 19 heavy (non-hydrogen) atoms. The molecule has 2 aliphatic rings. The van der Waals surface area contributed by atoms with E-state index in [4.69, 9.17) is 0 Å². The number of piperidine rings is 1. The van der Waals surface area contributed by atoms with E-state index in [1.807, 2.05) is 0 Å². The number of nitrogens with one attached hydrogen (secondary N) is 1. The van der Waals surface area contributed by atoms with Crippen molar-refractivity contribution in [3.05, 3.63) is 0 Å². The predicted molar refractivity (Wildman–Crippen MR) is 71.4 cm³/mol. The van der Waals surface area contributed by atoms with E-state index in [0.29, 0.717) is 25.4 Å². The van der Waals surface area contributed by atoms with Gasteiger partial charge in [-0.2, -0.15) is 0 Å². The molecule has 1 aliphatic heterocycles. The van der Waals surface area contributed by atoms with Gasteiger partial charge in [0, 0.05) is 13.1 Å². The van der Waals surface area contributed by atoms with Crippen LogP contribution in [0, 0.1) is 5.92 Å². The number of hydrogen-bond donors (Lipinski definition) is 2. The van der Waals surface area contributed by atoms with Gasteiger partial charge in [-0.25, -0.2) is 0 Å². The van der Waals surface area contributed by atoms with Crippen LogP contribution in [0.5, 0.6) is 0 Å². The van der Waals surface area contributed by atoms with Gasteiger partial charge in [0.05, 0.1) is 12.1 Å². The summed E-state index contributed by atoms with van der Waals surface area (Å²) in [6, 6.07) is -0.256. The molecule has 0 aromatic heterocycles. The highest BCUT2D eigenvalue weighted by molar-refractivity contribution is 6.35. The Kier molecular flexibility index (Phi) is 4.80. The van der Waals surface area contributed by atoms with Crippen molar-refractivity contribution in [2.45, 2.75) is 57.6 Å². The summed E-state index contributed by atoms with van der Waals surface area (Å²) in [5.74, 6) is -0.363. The van der Waals surface area contributed by atoms with E-state index in [1.165, 1.54) is 0 Å². The monoisotopic (exact) mass is 268 g/mol. The average molecular weight is 268 g/mol. The third kappa shape index (κ3) is 3.69. The van der Waals surface area contributed by atoms with E-state index in [-0.39, 0.29) is 6.04 Å². The van der Waals surface area contributed by atoms with Crippen molar-refractivity contribution in [1.82, 2.24) is 10.2 Å². The third-order valence-corrected chi connectivity index (χ3v) is 4.31. The molecule has 2 fully saturated rings. The van der Waals surface area contributed by atoms with Crippen molar-refractivity contribution in [3.8, 4) is 0 Å². The lowest BCUT2D eigenvalue weighted by molar-refractivity contribution is -0.147. The Morgan fingerprint density at radius 2 is 1.74 bits per heavy atom. The number of carbonyl (C=O) groups excluding carboxylic acids is 2. The van der Waals surface area contributed by atoms with Crippen LogP contribution in [-0.4, -0.2) is 47.1 Å². The van der Waals surface area contributed by atoms with E-state index in [0.717, 1.165) is 32.1 Å². The minimum atomic E-state index is -0.555. The summed E-state index contributed by atoms with van der Waals surface area (Å²) in [6.45, 7) is 3.50. The Hall–Kier alpha value is -1.10. The van der Waals surface area contributed by atoms with Crippen LogP contribution in [0.2, 0.25) is 0 Å². The fourth-order valence-electron chi connectivity index (χ4n) is 2.87. The molecule has 1 heterocycles. The van der Waals surface area contributed by atoms with Crippen LogP contribution in [0.25, 0.3) is 0 Å². The summed E-state index contributed by atoms with van der Waals surface area (Å²) in [5, 5.41) is 12.5. The van der Waals surface area contributed by atoms with Crippen LogP contribution in [0.4, 0.5) is 0 Å². The summed E-state index contributed by atoms with van der Waals surface area (Å²) in [4.78, 5) is 25.6. The molecule has 1 saturated carbocycles. The summed E-state index contributed by atoms with van der Waals surface area (Å²) in [6.07, 6.45) is 4.88. The molecular weight excluding hydrogens is 244 g/mol. The fraction of sp³-hybridized carbons (Fsp3) is 0.857. The first-order valence-electron chi connectivity index (χ1n) is 7.35. The maximum atomic E-state index is 12.0. The lowest BCUT2D eigenvalue weighted by Gasteiger charge is -2.32. The van der Waals surface area contributed by atoms with Crippen LogP contribution >= 0.6 is 0 Å². The van der Waals surface area contributed by atoms with E-state index in [1.54, 1.807) is 4.90 Å². The Balaban J connectivity index is 1.83. The zero-order chi connectivity index (χ0) is 13.8. The Morgan fingerprint density at radius 1 is 1.11 bits per heavy atom. The SMILES string of the molecule is CC1CCN(C(=O)C(=O)N[C@@H]2CCCC[C@@H]2O)CC1. The van der Waals surface area contributed by atoms with Gasteiger partial charge in [-0.15, -0.1) is 0 Å². The van der Waals surface area contributed by atoms with Crippen molar-refractivity contribution >= 4 is 11.8 Å². The zero-order valence-corrected chi connectivity index (χ0v) is 11.6. The second-order valence-corrected chi connectivity index (χ2v) is 5.91. The summed E-state index contributed by atoms with van der Waals surface area (Å²) in [7, 11) is 0. The topological polar surface area (TPSA) is 69.6 Å². The Morgan fingerprint density at radius 3 is 2.37 bits per heavy atom. The Labute approximate surface area is 114 Å². The average Bonchev–Trinajstić information content (AvgIpc) is 2.41. The van der Waals surface area contributed by atoms with Gasteiger partial charge in [-0.1, -0.05) is 19.8 Å². The van der Waals surface area contributed by atoms with Gasteiger partial charge in [-0.3, -0.25) is 9.59 Å². The van der Waals surface area contributed by atoms with Gasteiger partial charge < -0.3 is 15.3 Å². The number of hydrogen-bond acceptors (Lipinski definition) is 3. The molecule has 0 unspecified atom stereocenters. The van der Waals surface area contributed by atoms with Crippen LogP contribution in [0.15, 0.2) is 0 Å². The molecule has 2 rings (SSSR count). The molecule has 2 amide bonds. The van der Waals surface area contributed by atoms with E-state index >= 15 is 0 Å². The lowest BCUT2D eigenvalue weighted by atomic mass is 9.92. The molecule has 0 radical (unpaired) electrons. The van der Waals surface area contributed by atoms with Gasteiger partial charge in [0.2, 0.25) is 0 Å². The number of rotatable bonds is 1. The highest BCUT2D eigenvalue weighted by Crippen LogP contribution is 2.19. The number of aliphatic hydroxyl groups is 1. The maximum absolute atomic E-state index is 12.0. The largest absolute Gasteiger partial charge is 0.391 e. The highest BCUT2D eigenvalue weighted by Gasteiger charge is 2.30. The van der Waals surface area contributed by atoms with Gasteiger partial charge in [-0.05, 0) is 31.6 Å². The van der Waals surface area contributed by atoms with Crippen molar-refractivity contribution in [1.29, 1.82) is 0 Å². The number of amides is 2. The molecular formula is C14H24N2O3. The predicted octanol–water partition coefficient (Wildman–Crippen LogP) is 0.665. The van der Waals surface area contributed by atoms with Crippen molar-refractivity contribution in [3.63, 3.8) is 0 Å². The van der Waals surface area contributed by atoms with Crippen molar-refractivity contribution in [2.24, 2.45) is 5.92 Å². The van der Waals surface area contributed by atoms with Gasteiger partial charge in [0.25, 0.3) is 0 Å². The standard InChI is InChI=1S/C14H24N2O3/c1-10-6-8-16(9-7-10)14(19)13(18)15-11-4-2-3-5-12(11)17/h10-12,17H,2-9H2,1H3,(H,15,18)/t11-,12+/m1/s1. The molecule has 1 aliphatic carbocycles. The van der Waals surface area contributed by atoms with Crippen molar-refractivity contribution < 1.29 is 14.7 Å². The van der Waals surface area contributed by atoms with E-state index in [9.17, 15) is 14.7 Å². The van der Waals surface area contributed by atoms with Crippen molar-refractivity contribution in [2.75, 3.05) is 13.1 Å². The zero-order valence-electron chi connectivity index (χ0n) is 11.6. The maximum Gasteiger partial charge on any atom is 0.311 e. The van der Waals surface area contributed by atoms with Crippen LogP contribution in [-0.2, 0) is 9.59 Å². The minimum absolute atomic E-state index is 0.256. The number of nitrogens with zero attached hydrogens (tertiary/aromatic N) is 1. The highest BCUT2D eigenvalue weighted by atomic mass is 16.3. The first-order chi connectivity index (χ1) is 9.08. The van der Waals surface area contributed by atoms with E-state index < -0.39 is 17.9 Å². The van der Waals surface area contributed by atoms with Crippen LogP contribution in [0.3, 0.4) is 0 Å². The molecule has 0 spiro atoms. The minimum Gasteiger partial charge on any atom is -0.391 e. The van der Waals surface area contributed by atoms with Gasteiger partial charge in [0.15, 0.2) is 0 Å². The smallest absolute Gasteiger partial charge is 0.311 e. The quantitative estimate of drug-likeness (QED) is 0.687. The normalized spacial score (nSPS) is 29.1. The molecule has 108 valence electrons. The molecule has 2 N–H and O–H groups in total. The lowest BCUT2D eigenvalue weighted by Crippen LogP contribution is -2.52. The number of carbonyl (C=O) groups is 2. The molecule has 5 nitrogen and oxygen atoms in total. The number of aliphatic hydroxyl groups excluding tert-OH is 1. The van der Waals surface area contributed by atoms with Gasteiger partial charge in [0.1, 0.15) is 0 Å². The van der Waals surface area contributed by atoms with Crippen LogP contribution < -0.4 is 5.32 Å². The van der Waals surface area contributed by atoms with Crippen LogP contribution in [0.1, 0.15) is 45.4 Å². The van der Waals surface area contributed by atoms with E-state index in [2.05, 4.69) is 12.2 Å². The summed E-state index contributed by atoms with van der Waals surface area (Å²) in [5.41, 5.74) is 0. The molecule has 0 aromatic rings. The second kappa shape index (κ2) is 6.37. The Bertz CT molecular complexity index is 338. The summed E-state index contributed by atoms with van der Waals surface area (Å²) >= 11 is 0. The second-order valence-electron chi connectivity index (χ2n) is 5.91. The molecule has 0 bridgehead atoms.